The van der Waals surface area contributed by atoms with Crippen LogP contribution in [0.15, 0.2) is 42.4 Å². The molecule has 0 radical (unpaired) electrons. The fourth-order valence-corrected chi connectivity index (χ4v) is 2.87. The van der Waals surface area contributed by atoms with Crippen LogP contribution in [0.2, 0.25) is 0 Å². The van der Waals surface area contributed by atoms with Gasteiger partial charge in [0.05, 0.1) is 31.5 Å². The average molecular weight is 341 g/mol. The molecule has 0 saturated carbocycles. The Morgan fingerprint density at radius 3 is 2.72 bits per heavy atom. The van der Waals surface area contributed by atoms with Crippen LogP contribution in [0.25, 0.3) is 0 Å². The summed E-state index contributed by atoms with van der Waals surface area (Å²) in [5, 5.41) is 16.2. The Labute approximate surface area is 142 Å². The van der Waals surface area contributed by atoms with E-state index in [-0.39, 0.29) is 11.7 Å². The monoisotopic (exact) mass is 341 g/mol. The Balaban J connectivity index is 1.48. The molecule has 1 aromatic heterocycles. The van der Waals surface area contributed by atoms with Crippen molar-refractivity contribution in [1.29, 1.82) is 0 Å². The van der Waals surface area contributed by atoms with E-state index < -0.39 is 5.97 Å². The van der Waals surface area contributed by atoms with Gasteiger partial charge in [0.25, 0.3) is 0 Å². The van der Waals surface area contributed by atoms with Crippen molar-refractivity contribution in [2.45, 2.75) is 6.54 Å². The Hall–Kier alpha value is -3.36. The van der Waals surface area contributed by atoms with Gasteiger partial charge in [0.1, 0.15) is 12.9 Å². The zero-order valence-electron chi connectivity index (χ0n) is 13.2. The molecule has 2 aliphatic rings. The molecule has 0 spiro atoms. The minimum Gasteiger partial charge on any atom is -0.497 e. The Morgan fingerprint density at radius 2 is 2.04 bits per heavy atom. The van der Waals surface area contributed by atoms with Gasteiger partial charge in [-0.3, -0.25) is 9.80 Å². The van der Waals surface area contributed by atoms with Crippen molar-refractivity contribution >= 4 is 17.7 Å². The van der Waals surface area contributed by atoms with Crippen molar-refractivity contribution in [3.05, 3.63) is 53.7 Å². The maximum Gasteiger partial charge on any atom is 0.358 e. The maximum atomic E-state index is 12.5. The minimum atomic E-state index is -1.11. The van der Waals surface area contributed by atoms with Gasteiger partial charge in [0.15, 0.2) is 5.69 Å². The standard InChI is InChI=1S/C16H15N5O4/c22-15(23)14-9-19(18-17-14)7-11-1-3-12(4-2-11)21-8-13-10-25-6-5-20(13)16(21)24/h1-4,9-10H,5-8H2,(H,22,23). The first-order chi connectivity index (χ1) is 12.1. The lowest BCUT2D eigenvalue weighted by atomic mass is 10.2. The maximum absolute atomic E-state index is 12.5. The molecule has 0 unspecified atom stereocenters. The van der Waals surface area contributed by atoms with Crippen molar-refractivity contribution in [1.82, 2.24) is 19.9 Å². The number of nitrogens with zero attached hydrogens (tertiary/aromatic N) is 5. The number of aromatic carboxylic acids is 1. The second-order valence-corrected chi connectivity index (χ2v) is 5.77. The second kappa shape index (κ2) is 5.93. The lowest BCUT2D eigenvalue weighted by Crippen LogP contribution is -2.34. The number of carboxylic acid groups (broad SMARTS) is 1. The van der Waals surface area contributed by atoms with E-state index in [0.29, 0.717) is 26.2 Å². The van der Waals surface area contributed by atoms with Gasteiger partial charge in [-0.05, 0) is 17.7 Å². The summed E-state index contributed by atoms with van der Waals surface area (Å²) in [5.41, 5.74) is 2.50. The molecule has 2 aliphatic heterocycles. The van der Waals surface area contributed by atoms with Crippen LogP contribution < -0.4 is 4.90 Å². The fraction of sp³-hybridized carbons (Fsp3) is 0.250. The molecule has 1 saturated heterocycles. The molecule has 1 aromatic carbocycles. The van der Waals surface area contributed by atoms with E-state index in [0.717, 1.165) is 16.9 Å². The molecule has 0 atom stereocenters. The molecule has 25 heavy (non-hydrogen) atoms. The highest BCUT2D eigenvalue weighted by atomic mass is 16.5. The topological polar surface area (TPSA) is 101 Å². The van der Waals surface area contributed by atoms with E-state index in [4.69, 9.17) is 9.84 Å². The number of carboxylic acids is 1. The van der Waals surface area contributed by atoms with Gasteiger partial charge in [-0.2, -0.15) is 0 Å². The van der Waals surface area contributed by atoms with Crippen molar-refractivity contribution in [3.63, 3.8) is 0 Å². The van der Waals surface area contributed by atoms with E-state index >= 15 is 0 Å². The quantitative estimate of drug-likeness (QED) is 0.895. The van der Waals surface area contributed by atoms with E-state index in [1.165, 1.54) is 10.9 Å². The van der Waals surface area contributed by atoms with Crippen LogP contribution in [-0.2, 0) is 11.3 Å². The summed E-state index contributed by atoms with van der Waals surface area (Å²) in [6, 6.07) is 7.44. The van der Waals surface area contributed by atoms with Gasteiger partial charge in [-0.15, -0.1) is 5.10 Å². The summed E-state index contributed by atoms with van der Waals surface area (Å²) in [7, 11) is 0. The lowest BCUT2D eigenvalue weighted by Gasteiger charge is -2.21. The number of carbonyl (C=O) groups is 2. The SMILES string of the molecule is O=C(O)c1cn(Cc2ccc(N3CC4=COCCN4C3=O)cc2)nn1. The van der Waals surface area contributed by atoms with Crippen molar-refractivity contribution < 1.29 is 19.4 Å². The van der Waals surface area contributed by atoms with Gasteiger partial charge in [0, 0.05) is 5.69 Å². The number of anilines is 1. The highest BCUT2D eigenvalue weighted by Gasteiger charge is 2.35. The fourth-order valence-electron chi connectivity index (χ4n) is 2.87. The number of fused-ring (bicyclic) bond motifs is 1. The van der Waals surface area contributed by atoms with E-state index in [2.05, 4.69) is 10.3 Å². The molecule has 128 valence electrons. The van der Waals surface area contributed by atoms with Gasteiger partial charge in [0.2, 0.25) is 0 Å². The zero-order chi connectivity index (χ0) is 17.4. The predicted molar refractivity (Wildman–Crippen MR) is 86.0 cm³/mol. The minimum absolute atomic E-state index is 0.0512. The third kappa shape index (κ3) is 2.80. The van der Waals surface area contributed by atoms with Crippen molar-refractivity contribution in [2.75, 3.05) is 24.6 Å². The summed E-state index contributed by atoms with van der Waals surface area (Å²) in [4.78, 5) is 26.7. The predicted octanol–water partition coefficient (Wildman–Crippen LogP) is 1.14. The summed E-state index contributed by atoms with van der Waals surface area (Å²) in [5.74, 6) is -1.11. The summed E-state index contributed by atoms with van der Waals surface area (Å²) < 4.78 is 6.74. The van der Waals surface area contributed by atoms with Crippen LogP contribution >= 0.6 is 0 Å². The van der Waals surface area contributed by atoms with Gasteiger partial charge in [-0.1, -0.05) is 17.3 Å². The van der Waals surface area contributed by atoms with Gasteiger partial charge >= 0.3 is 12.0 Å². The van der Waals surface area contributed by atoms with Crippen LogP contribution in [0, 0.1) is 0 Å². The van der Waals surface area contributed by atoms with E-state index in [9.17, 15) is 9.59 Å². The van der Waals surface area contributed by atoms with Crippen LogP contribution in [0.1, 0.15) is 16.1 Å². The smallest absolute Gasteiger partial charge is 0.358 e. The van der Waals surface area contributed by atoms with Crippen LogP contribution in [0.5, 0.6) is 0 Å². The first-order valence-electron chi connectivity index (χ1n) is 7.74. The number of urea groups is 1. The summed E-state index contributed by atoms with van der Waals surface area (Å²) >= 11 is 0. The lowest BCUT2D eigenvalue weighted by molar-refractivity contribution is 0.0690. The third-order valence-electron chi connectivity index (χ3n) is 4.13. The largest absolute Gasteiger partial charge is 0.497 e. The van der Waals surface area contributed by atoms with Crippen LogP contribution in [0.4, 0.5) is 10.5 Å². The molecule has 9 heteroatoms. The molecular weight excluding hydrogens is 326 g/mol. The number of aromatic nitrogens is 3. The first kappa shape index (κ1) is 15.2. The van der Waals surface area contributed by atoms with Crippen molar-refractivity contribution in [2.24, 2.45) is 0 Å². The normalized spacial score (nSPS) is 16.5. The highest BCUT2D eigenvalue weighted by Crippen LogP contribution is 2.27. The van der Waals surface area contributed by atoms with Gasteiger partial charge in [-0.25, -0.2) is 14.3 Å². The molecule has 3 heterocycles. The number of hydrogen-bond acceptors (Lipinski definition) is 5. The molecule has 9 nitrogen and oxygen atoms in total. The molecule has 0 bridgehead atoms. The number of ether oxygens (including phenoxy) is 1. The zero-order valence-corrected chi connectivity index (χ0v) is 13.2. The first-order valence-corrected chi connectivity index (χ1v) is 7.74. The second-order valence-electron chi connectivity index (χ2n) is 5.77. The third-order valence-corrected chi connectivity index (χ3v) is 4.13. The summed E-state index contributed by atoms with van der Waals surface area (Å²) in [6.45, 7) is 1.97. The molecule has 2 aromatic rings. The van der Waals surface area contributed by atoms with Crippen molar-refractivity contribution in [3.8, 4) is 0 Å². The number of carbonyl (C=O) groups excluding carboxylic acids is 1. The van der Waals surface area contributed by atoms with Crippen LogP contribution in [0.3, 0.4) is 0 Å². The Kier molecular flexibility index (Phi) is 3.60. The van der Waals surface area contributed by atoms with Crippen LogP contribution in [-0.4, -0.2) is 56.7 Å². The molecular formula is C16H15N5O4. The molecule has 1 N–H and O–H groups in total. The molecule has 2 amide bonds. The number of hydrogen-bond donors (Lipinski definition) is 1. The summed E-state index contributed by atoms with van der Waals surface area (Å²) in [6.07, 6.45) is 3.02. The molecule has 4 rings (SSSR count). The Morgan fingerprint density at radius 1 is 1.24 bits per heavy atom. The van der Waals surface area contributed by atoms with E-state index in [1.807, 2.05) is 24.3 Å². The molecule has 0 aliphatic carbocycles. The Bertz CT molecular complexity index is 858. The highest BCUT2D eigenvalue weighted by molar-refractivity contribution is 5.96. The van der Waals surface area contributed by atoms with E-state index in [1.54, 1.807) is 16.1 Å². The number of benzene rings is 1. The number of rotatable bonds is 4. The average Bonchev–Trinajstić information content (AvgIpc) is 3.21. The number of amides is 2. The van der Waals surface area contributed by atoms with Gasteiger partial charge < -0.3 is 9.84 Å². The molecule has 1 fully saturated rings.